The first kappa shape index (κ1) is 25.3. The van der Waals surface area contributed by atoms with Crippen LogP contribution in [0.1, 0.15) is 60.2 Å². The molecule has 0 unspecified atom stereocenters. The summed E-state index contributed by atoms with van der Waals surface area (Å²) in [5.74, 6) is -0.00366. The van der Waals surface area contributed by atoms with Crippen LogP contribution in [0.5, 0.6) is 5.88 Å². The average Bonchev–Trinajstić information content (AvgIpc) is 3.67. The van der Waals surface area contributed by atoms with Gasteiger partial charge < -0.3 is 20.7 Å². The summed E-state index contributed by atoms with van der Waals surface area (Å²) in [6, 6.07) is 2.89. The van der Waals surface area contributed by atoms with Crippen LogP contribution in [0.4, 0.5) is 21.9 Å². The molecule has 0 spiro atoms. The third-order valence-electron chi connectivity index (χ3n) is 7.69. The zero-order valence-corrected chi connectivity index (χ0v) is 22.5. The lowest BCUT2D eigenvalue weighted by molar-refractivity contribution is -0.117. The monoisotopic (exact) mass is 546 g/mol. The SMILES string of the molecule is C=CC(=O)N[C@H]1CCC[C@H]1NC(=O)c1sc2nccc3c2c1NC(=O)N3c1cnc(OC2CCCC2)cc1C. The highest BCUT2D eigenvalue weighted by Crippen LogP contribution is 2.46. The lowest BCUT2D eigenvalue weighted by Crippen LogP contribution is -2.48. The summed E-state index contributed by atoms with van der Waals surface area (Å²) >= 11 is 1.23. The Morgan fingerprint density at radius 1 is 1.13 bits per heavy atom. The fraction of sp³-hybridized carbons (Fsp3) is 0.393. The number of hydrogen-bond acceptors (Lipinski definition) is 7. The van der Waals surface area contributed by atoms with Gasteiger partial charge in [0.15, 0.2) is 0 Å². The molecule has 3 aromatic rings. The van der Waals surface area contributed by atoms with E-state index < -0.39 is 0 Å². The van der Waals surface area contributed by atoms with Crippen molar-refractivity contribution in [1.29, 1.82) is 0 Å². The Bertz CT molecular complexity index is 1480. The Hall–Kier alpha value is -3.99. The van der Waals surface area contributed by atoms with E-state index in [2.05, 4.69) is 32.5 Å². The molecule has 202 valence electrons. The Kier molecular flexibility index (Phi) is 6.68. The first-order valence-corrected chi connectivity index (χ1v) is 14.1. The molecule has 1 aliphatic heterocycles. The van der Waals surface area contributed by atoms with Gasteiger partial charge in [0, 0.05) is 24.3 Å². The zero-order chi connectivity index (χ0) is 27.1. The van der Waals surface area contributed by atoms with Crippen LogP contribution in [0, 0.1) is 6.92 Å². The Balaban J connectivity index is 1.29. The summed E-state index contributed by atoms with van der Waals surface area (Å²) in [7, 11) is 0. The predicted molar refractivity (Wildman–Crippen MR) is 150 cm³/mol. The molecule has 0 radical (unpaired) electrons. The molecule has 2 saturated carbocycles. The molecule has 2 fully saturated rings. The van der Waals surface area contributed by atoms with Crippen LogP contribution in [-0.2, 0) is 4.79 Å². The summed E-state index contributed by atoms with van der Waals surface area (Å²) in [5.41, 5.74) is 2.57. The molecule has 3 aliphatic rings. The maximum atomic E-state index is 13.5. The molecule has 11 heteroatoms. The first-order chi connectivity index (χ1) is 18.9. The summed E-state index contributed by atoms with van der Waals surface area (Å²) in [6.07, 6.45) is 11.6. The van der Waals surface area contributed by atoms with Crippen LogP contribution in [0.3, 0.4) is 0 Å². The summed E-state index contributed by atoms with van der Waals surface area (Å²) in [6.45, 7) is 5.43. The number of hydrogen-bond donors (Lipinski definition) is 3. The van der Waals surface area contributed by atoms with Crippen molar-refractivity contribution in [2.24, 2.45) is 0 Å². The molecule has 10 nitrogen and oxygen atoms in total. The van der Waals surface area contributed by atoms with Gasteiger partial charge in [0.05, 0.1) is 28.6 Å². The molecular formula is C28H30N6O4S. The molecule has 0 aromatic carbocycles. The van der Waals surface area contributed by atoms with Crippen LogP contribution in [0.2, 0.25) is 0 Å². The third-order valence-corrected chi connectivity index (χ3v) is 8.78. The summed E-state index contributed by atoms with van der Waals surface area (Å²) in [5, 5.41) is 9.61. The number of anilines is 3. The number of carbonyl (C=O) groups is 3. The van der Waals surface area contributed by atoms with Crippen molar-refractivity contribution >= 4 is 56.5 Å². The van der Waals surface area contributed by atoms with Gasteiger partial charge in [0.25, 0.3) is 5.91 Å². The molecule has 6 rings (SSSR count). The van der Waals surface area contributed by atoms with Crippen molar-refractivity contribution in [2.45, 2.75) is 70.1 Å². The van der Waals surface area contributed by atoms with Gasteiger partial charge in [0.2, 0.25) is 11.8 Å². The third kappa shape index (κ3) is 4.71. The van der Waals surface area contributed by atoms with E-state index in [0.717, 1.165) is 37.7 Å². The van der Waals surface area contributed by atoms with Crippen molar-refractivity contribution < 1.29 is 19.1 Å². The van der Waals surface area contributed by atoms with E-state index in [-0.39, 0.29) is 36.0 Å². The number of nitrogens with one attached hydrogen (secondary N) is 3. The molecular weight excluding hydrogens is 516 g/mol. The van der Waals surface area contributed by atoms with E-state index in [0.29, 0.717) is 38.0 Å². The maximum absolute atomic E-state index is 13.5. The Labute approximate surface area is 229 Å². The average molecular weight is 547 g/mol. The zero-order valence-electron chi connectivity index (χ0n) is 21.7. The van der Waals surface area contributed by atoms with Gasteiger partial charge in [-0.3, -0.25) is 14.5 Å². The highest BCUT2D eigenvalue weighted by atomic mass is 32.1. The largest absolute Gasteiger partial charge is 0.474 e. The molecule has 0 saturated heterocycles. The van der Waals surface area contributed by atoms with Gasteiger partial charge in [-0.15, -0.1) is 11.3 Å². The first-order valence-electron chi connectivity index (χ1n) is 13.3. The summed E-state index contributed by atoms with van der Waals surface area (Å²) in [4.78, 5) is 50.3. The van der Waals surface area contributed by atoms with E-state index >= 15 is 0 Å². The van der Waals surface area contributed by atoms with Gasteiger partial charge >= 0.3 is 6.03 Å². The van der Waals surface area contributed by atoms with Crippen molar-refractivity contribution in [1.82, 2.24) is 20.6 Å². The minimum Gasteiger partial charge on any atom is -0.474 e. The molecule has 2 aliphatic carbocycles. The second-order valence-electron chi connectivity index (χ2n) is 10.2. The fourth-order valence-corrected chi connectivity index (χ4v) is 6.79. The van der Waals surface area contributed by atoms with Gasteiger partial charge in [-0.05, 0) is 69.6 Å². The maximum Gasteiger partial charge on any atom is 0.331 e. The molecule has 3 aromatic heterocycles. The smallest absolute Gasteiger partial charge is 0.331 e. The molecule has 3 N–H and O–H groups in total. The Morgan fingerprint density at radius 3 is 2.64 bits per heavy atom. The number of thiophene rings is 1. The number of amides is 4. The molecule has 0 bridgehead atoms. The number of pyridine rings is 2. The molecule has 4 amide bonds. The number of aryl methyl sites for hydroxylation is 1. The van der Waals surface area contributed by atoms with Crippen molar-refractivity contribution in [3.8, 4) is 5.88 Å². The van der Waals surface area contributed by atoms with E-state index in [1.54, 1.807) is 23.4 Å². The fourth-order valence-electron chi connectivity index (χ4n) is 5.76. The van der Waals surface area contributed by atoms with Crippen molar-refractivity contribution in [3.63, 3.8) is 0 Å². The van der Waals surface area contributed by atoms with Gasteiger partial charge in [-0.2, -0.15) is 0 Å². The highest BCUT2D eigenvalue weighted by Gasteiger charge is 2.35. The second kappa shape index (κ2) is 10.3. The second-order valence-corrected chi connectivity index (χ2v) is 11.2. The quantitative estimate of drug-likeness (QED) is 0.360. The lowest BCUT2D eigenvalue weighted by atomic mass is 10.1. The van der Waals surface area contributed by atoms with E-state index in [1.165, 1.54) is 30.3 Å². The lowest BCUT2D eigenvalue weighted by Gasteiger charge is -2.29. The number of ether oxygens (including phenoxy) is 1. The normalized spacial score (nSPS) is 20.6. The van der Waals surface area contributed by atoms with Gasteiger partial charge in [-0.1, -0.05) is 6.58 Å². The van der Waals surface area contributed by atoms with E-state index in [4.69, 9.17) is 4.74 Å². The number of nitrogens with zero attached hydrogens (tertiary/aromatic N) is 3. The van der Waals surface area contributed by atoms with E-state index in [9.17, 15) is 14.4 Å². The van der Waals surface area contributed by atoms with Crippen LogP contribution in [-0.4, -0.2) is 46.0 Å². The van der Waals surface area contributed by atoms with Crippen LogP contribution in [0.15, 0.2) is 37.2 Å². The topological polar surface area (TPSA) is 126 Å². The van der Waals surface area contributed by atoms with Gasteiger partial charge in [0.1, 0.15) is 15.8 Å². The number of aromatic nitrogens is 2. The minimum absolute atomic E-state index is 0.167. The standard InChI is InChI=1S/C28H30N6O4S/c1-3-21(35)31-17-9-6-10-18(17)32-26(36)25-24-23-19(11-12-29-27(23)39-25)34(28(37)33-24)20-14-30-22(13-15(20)2)38-16-7-4-5-8-16/h3,11-14,16-18H,1,4-10H2,2H3,(H,31,35)(H,32,36)(H,33,37)/t17-,18+/m0/s1. The number of carbonyl (C=O) groups excluding carboxylic acids is 3. The summed E-state index contributed by atoms with van der Waals surface area (Å²) < 4.78 is 6.05. The number of urea groups is 1. The minimum atomic E-state index is -0.381. The highest BCUT2D eigenvalue weighted by molar-refractivity contribution is 7.21. The molecule has 39 heavy (non-hydrogen) atoms. The van der Waals surface area contributed by atoms with Crippen LogP contribution in [0.25, 0.3) is 10.2 Å². The molecule has 2 atom stereocenters. The number of rotatable bonds is 7. The molecule has 4 heterocycles. The van der Waals surface area contributed by atoms with Gasteiger partial charge in [-0.25, -0.2) is 14.8 Å². The van der Waals surface area contributed by atoms with Crippen molar-refractivity contribution in [3.05, 3.63) is 47.6 Å². The Morgan fingerprint density at radius 2 is 1.90 bits per heavy atom. The van der Waals surface area contributed by atoms with Crippen molar-refractivity contribution in [2.75, 3.05) is 10.2 Å². The van der Waals surface area contributed by atoms with E-state index in [1.807, 2.05) is 13.0 Å². The van der Waals surface area contributed by atoms with Crippen LogP contribution < -0.4 is 25.6 Å². The predicted octanol–water partition coefficient (Wildman–Crippen LogP) is 4.96. The van der Waals surface area contributed by atoms with Crippen LogP contribution >= 0.6 is 11.3 Å².